The van der Waals surface area contributed by atoms with E-state index < -0.39 is 4.83 Å². The summed E-state index contributed by atoms with van der Waals surface area (Å²) in [6.45, 7) is 3.84. The highest BCUT2D eigenvalue weighted by Crippen LogP contribution is 2.29. The summed E-state index contributed by atoms with van der Waals surface area (Å²) in [5.41, 5.74) is 1.32. The van der Waals surface area contributed by atoms with E-state index in [1.165, 1.54) is 0 Å². The number of benzene rings is 1. The van der Waals surface area contributed by atoms with Crippen LogP contribution in [0, 0.1) is 0 Å². The van der Waals surface area contributed by atoms with E-state index in [0.29, 0.717) is 10.6 Å². The molecule has 0 aliphatic rings. The van der Waals surface area contributed by atoms with Crippen LogP contribution in [0.3, 0.4) is 0 Å². The van der Waals surface area contributed by atoms with Crippen molar-refractivity contribution in [2.45, 2.75) is 37.4 Å². The highest BCUT2D eigenvalue weighted by atomic mass is 79.9. The number of nitrogens with zero attached hydrogens (tertiary/aromatic N) is 1. The number of aromatic nitrogens is 1. The zero-order valence-corrected chi connectivity index (χ0v) is 15.8. The molecule has 2 aromatic rings. The molecule has 0 spiro atoms. The van der Waals surface area contributed by atoms with Crippen LogP contribution in [0.4, 0.5) is 8.78 Å². The Morgan fingerprint density at radius 3 is 2.54 bits per heavy atom. The van der Waals surface area contributed by atoms with E-state index in [0.717, 1.165) is 16.9 Å². The van der Waals surface area contributed by atoms with Gasteiger partial charge in [0.25, 0.3) is 0 Å². The highest BCUT2D eigenvalue weighted by molar-refractivity contribution is 9.09. The lowest BCUT2D eigenvalue weighted by atomic mass is 10.1. The van der Waals surface area contributed by atoms with Gasteiger partial charge < -0.3 is 4.74 Å². The molecule has 0 N–H and O–H groups in total. The monoisotopic (exact) mass is 417 g/mol. The Bertz CT molecular complexity index is 730. The van der Waals surface area contributed by atoms with Crippen LogP contribution in [-0.2, 0) is 0 Å². The molecule has 0 amide bonds. The second-order valence-electron chi connectivity index (χ2n) is 5.61. The molecule has 1 heterocycles. The van der Waals surface area contributed by atoms with Gasteiger partial charge in [-0.25, -0.2) is 4.98 Å². The SMILES string of the molecule is CC(C)c1c(OCCCC(F)(F)Br)nc(-c2ccccc2)sc1=O. The number of hydrogen-bond acceptors (Lipinski definition) is 4. The molecule has 0 aliphatic carbocycles. The van der Waals surface area contributed by atoms with Crippen molar-refractivity contribution in [1.29, 1.82) is 0 Å². The van der Waals surface area contributed by atoms with Crippen LogP contribution in [0.25, 0.3) is 10.6 Å². The van der Waals surface area contributed by atoms with Gasteiger partial charge in [-0.05, 0) is 28.3 Å². The Morgan fingerprint density at radius 2 is 1.96 bits per heavy atom. The zero-order valence-electron chi connectivity index (χ0n) is 13.4. The Hall–Kier alpha value is -1.34. The minimum atomic E-state index is -2.90. The fraction of sp³-hybridized carbons (Fsp3) is 0.412. The molecule has 2 rings (SSSR count). The van der Waals surface area contributed by atoms with Crippen LogP contribution in [-0.4, -0.2) is 16.4 Å². The molecule has 7 heteroatoms. The summed E-state index contributed by atoms with van der Waals surface area (Å²) in [4.78, 5) is 14.0. The van der Waals surface area contributed by atoms with Gasteiger partial charge in [-0.3, -0.25) is 4.79 Å². The molecule has 0 saturated heterocycles. The van der Waals surface area contributed by atoms with E-state index in [1.807, 2.05) is 44.2 Å². The number of alkyl halides is 3. The van der Waals surface area contributed by atoms with Gasteiger partial charge in [0.15, 0.2) is 0 Å². The highest BCUT2D eigenvalue weighted by Gasteiger charge is 2.23. The van der Waals surface area contributed by atoms with Gasteiger partial charge in [-0.2, -0.15) is 8.78 Å². The maximum atomic E-state index is 12.8. The Labute approximate surface area is 151 Å². The third kappa shape index (κ3) is 5.34. The molecular weight excluding hydrogens is 400 g/mol. The van der Waals surface area contributed by atoms with Crippen LogP contribution in [0.2, 0.25) is 0 Å². The average Bonchev–Trinajstić information content (AvgIpc) is 2.50. The molecule has 1 aromatic carbocycles. The summed E-state index contributed by atoms with van der Waals surface area (Å²) < 4.78 is 31.1. The smallest absolute Gasteiger partial charge is 0.301 e. The van der Waals surface area contributed by atoms with Gasteiger partial charge in [0, 0.05) is 12.0 Å². The normalized spacial score (nSPS) is 11.8. The summed E-state index contributed by atoms with van der Waals surface area (Å²) in [6, 6.07) is 9.34. The van der Waals surface area contributed by atoms with Crippen molar-refractivity contribution in [2.75, 3.05) is 6.61 Å². The number of halogens is 3. The van der Waals surface area contributed by atoms with Crippen LogP contribution < -0.4 is 9.48 Å². The van der Waals surface area contributed by atoms with Gasteiger partial charge in [-0.1, -0.05) is 55.5 Å². The fourth-order valence-corrected chi connectivity index (χ4v) is 3.42. The minimum Gasteiger partial charge on any atom is -0.477 e. The van der Waals surface area contributed by atoms with E-state index in [2.05, 4.69) is 20.9 Å². The fourth-order valence-electron chi connectivity index (χ4n) is 2.14. The van der Waals surface area contributed by atoms with Gasteiger partial charge in [0.2, 0.25) is 10.6 Å². The molecule has 0 radical (unpaired) electrons. The average molecular weight is 418 g/mol. The Kier molecular flexibility index (Phi) is 6.46. The molecule has 0 saturated carbocycles. The molecule has 130 valence electrons. The van der Waals surface area contributed by atoms with Crippen molar-refractivity contribution in [3.05, 3.63) is 45.4 Å². The Balaban J connectivity index is 2.26. The lowest BCUT2D eigenvalue weighted by Gasteiger charge is -2.14. The largest absolute Gasteiger partial charge is 0.477 e. The number of hydrogen-bond donors (Lipinski definition) is 0. The first kappa shape index (κ1) is 19.0. The molecule has 0 aliphatic heterocycles. The molecule has 0 unspecified atom stereocenters. The van der Waals surface area contributed by atoms with Gasteiger partial charge in [0.05, 0.1) is 12.2 Å². The molecule has 0 bridgehead atoms. The van der Waals surface area contributed by atoms with Crippen LogP contribution in [0.5, 0.6) is 5.88 Å². The number of ether oxygens (including phenoxy) is 1. The molecular formula is C17H18BrF2NO2S. The van der Waals surface area contributed by atoms with Gasteiger partial charge in [-0.15, -0.1) is 0 Å². The number of rotatable bonds is 7. The first-order valence-electron chi connectivity index (χ1n) is 7.58. The van der Waals surface area contributed by atoms with E-state index in [4.69, 9.17) is 4.74 Å². The lowest BCUT2D eigenvalue weighted by molar-refractivity contribution is 0.0950. The van der Waals surface area contributed by atoms with E-state index >= 15 is 0 Å². The van der Waals surface area contributed by atoms with Crippen molar-refractivity contribution in [3.63, 3.8) is 0 Å². The second kappa shape index (κ2) is 8.16. The van der Waals surface area contributed by atoms with Crippen molar-refractivity contribution >= 4 is 27.3 Å². The summed E-state index contributed by atoms with van der Waals surface area (Å²) in [5, 5.41) is 0.561. The van der Waals surface area contributed by atoms with Crippen LogP contribution in [0.15, 0.2) is 35.1 Å². The second-order valence-corrected chi connectivity index (χ2v) is 7.74. The first-order valence-corrected chi connectivity index (χ1v) is 9.19. The van der Waals surface area contributed by atoms with Gasteiger partial charge in [0.1, 0.15) is 5.01 Å². The molecule has 24 heavy (non-hydrogen) atoms. The summed E-state index contributed by atoms with van der Waals surface area (Å²) >= 11 is 3.37. The molecule has 0 fully saturated rings. The third-order valence-electron chi connectivity index (χ3n) is 3.28. The predicted molar refractivity (Wildman–Crippen MR) is 96.5 cm³/mol. The minimum absolute atomic E-state index is 0.0568. The van der Waals surface area contributed by atoms with E-state index in [1.54, 1.807) is 0 Å². The summed E-state index contributed by atoms with van der Waals surface area (Å²) in [5.74, 6) is 0.184. The van der Waals surface area contributed by atoms with Crippen molar-refractivity contribution in [1.82, 2.24) is 4.98 Å². The quantitative estimate of drug-likeness (QED) is 0.444. The maximum Gasteiger partial charge on any atom is 0.301 e. The molecule has 1 aromatic heterocycles. The van der Waals surface area contributed by atoms with E-state index in [9.17, 15) is 13.6 Å². The molecule has 0 atom stereocenters. The van der Waals surface area contributed by atoms with Crippen LogP contribution in [0.1, 0.15) is 38.2 Å². The van der Waals surface area contributed by atoms with Crippen molar-refractivity contribution < 1.29 is 13.5 Å². The van der Waals surface area contributed by atoms with Gasteiger partial charge >= 0.3 is 4.83 Å². The first-order chi connectivity index (χ1) is 11.3. The lowest BCUT2D eigenvalue weighted by Crippen LogP contribution is -2.14. The van der Waals surface area contributed by atoms with E-state index in [-0.39, 0.29) is 36.0 Å². The van der Waals surface area contributed by atoms with Crippen molar-refractivity contribution in [2.24, 2.45) is 0 Å². The third-order valence-corrected chi connectivity index (χ3v) is 4.61. The molecule has 3 nitrogen and oxygen atoms in total. The van der Waals surface area contributed by atoms with Crippen LogP contribution >= 0.6 is 27.3 Å². The predicted octanol–water partition coefficient (Wildman–Crippen LogP) is 5.44. The standard InChI is InChI=1S/C17H18BrF2NO2S/c1-11(2)13-14(23-10-6-9-17(18,19)20)21-15(24-16(13)22)12-7-4-3-5-8-12/h3-5,7-8,11H,6,9-10H2,1-2H3. The topological polar surface area (TPSA) is 39.2 Å². The Morgan fingerprint density at radius 1 is 1.29 bits per heavy atom. The summed E-state index contributed by atoms with van der Waals surface area (Å²) in [7, 11) is 0. The summed E-state index contributed by atoms with van der Waals surface area (Å²) in [6.07, 6.45) is -0.181. The zero-order chi connectivity index (χ0) is 17.7. The maximum absolute atomic E-state index is 12.8. The van der Waals surface area contributed by atoms with Crippen molar-refractivity contribution in [3.8, 4) is 16.5 Å².